The first-order chi connectivity index (χ1) is 9.55. The van der Waals surface area contributed by atoms with Crippen LogP contribution in [-0.4, -0.2) is 11.2 Å². The first-order valence-electron chi connectivity index (χ1n) is 5.14. The van der Waals surface area contributed by atoms with Gasteiger partial charge in [-0.25, -0.2) is 0 Å². The summed E-state index contributed by atoms with van der Waals surface area (Å²) in [4.78, 5) is 21.5. The van der Waals surface area contributed by atoms with Crippen molar-refractivity contribution < 1.29 is 14.5 Å². The van der Waals surface area contributed by atoms with Crippen LogP contribution in [0.4, 0.5) is 5.69 Å². The summed E-state index contributed by atoms with van der Waals surface area (Å²) in [7, 11) is 0. The van der Waals surface area contributed by atoms with Gasteiger partial charge >= 0.3 is 5.69 Å². The number of aldehydes is 1. The van der Waals surface area contributed by atoms with Gasteiger partial charge in [-0.1, -0.05) is 0 Å². The van der Waals surface area contributed by atoms with Crippen LogP contribution >= 0.6 is 33.9 Å². The molecular formula is C12H5IN2O4S. The third-order valence-electron chi connectivity index (χ3n) is 2.28. The molecule has 0 fully saturated rings. The number of nitro groups is 1. The van der Waals surface area contributed by atoms with Crippen molar-refractivity contribution in [1.82, 2.24) is 0 Å². The zero-order chi connectivity index (χ0) is 14.7. The Kier molecular flexibility index (Phi) is 4.31. The zero-order valence-electron chi connectivity index (χ0n) is 9.70. The summed E-state index contributed by atoms with van der Waals surface area (Å²) in [6.07, 6.45) is 0.676. The van der Waals surface area contributed by atoms with E-state index in [4.69, 9.17) is 10.00 Å². The van der Waals surface area contributed by atoms with Gasteiger partial charge in [-0.3, -0.25) is 14.9 Å². The standard InChI is InChI=1S/C12H5IN2O4S/c13-10-1-7(4-14)2-11(15(17)18)12(10)19-8-3-9(5-16)20-6-8/h1-3,5-6H. The highest BCUT2D eigenvalue weighted by Gasteiger charge is 2.21. The molecule has 0 amide bonds. The van der Waals surface area contributed by atoms with E-state index in [9.17, 15) is 14.9 Å². The molecule has 6 nitrogen and oxygen atoms in total. The van der Waals surface area contributed by atoms with Crippen molar-refractivity contribution in [2.75, 3.05) is 0 Å². The Labute approximate surface area is 130 Å². The molecule has 0 saturated carbocycles. The third kappa shape index (κ3) is 2.94. The Morgan fingerprint density at radius 1 is 1.45 bits per heavy atom. The lowest BCUT2D eigenvalue weighted by Gasteiger charge is -2.07. The molecule has 0 bridgehead atoms. The minimum absolute atomic E-state index is 0.0600. The molecule has 2 aromatic rings. The number of nitrogens with zero attached hydrogens (tertiary/aromatic N) is 2. The van der Waals surface area contributed by atoms with Crippen LogP contribution in [0.1, 0.15) is 15.2 Å². The van der Waals surface area contributed by atoms with Crippen molar-refractivity contribution in [3.8, 4) is 17.6 Å². The Hall–Kier alpha value is -1.99. The van der Waals surface area contributed by atoms with Crippen LogP contribution in [0.3, 0.4) is 0 Å². The van der Waals surface area contributed by atoms with E-state index in [1.165, 1.54) is 23.5 Å². The first kappa shape index (κ1) is 14.4. The molecule has 0 saturated heterocycles. The maximum Gasteiger partial charge on any atom is 0.314 e. The van der Waals surface area contributed by atoms with Crippen molar-refractivity contribution in [2.24, 2.45) is 0 Å². The number of benzene rings is 1. The van der Waals surface area contributed by atoms with E-state index in [-0.39, 0.29) is 17.0 Å². The average Bonchev–Trinajstić information content (AvgIpc) is 2.88. The summed E-state index contributed by atoms with van der Waals surface area (Å²) in [5.74, 6) is 0.410. The van der Waals surface area contributed by atoms with Crippen molar-refractivity contribution in [2.45, 2.75) is 0 Å². The normalized spacial score (nSPS) is 9.80. The van der Waals surface area contributed by atoms with Gasteiger partial charge in [0.2, 0.25) is 5.75 Å². The summed E-state index contributed by atoms with van der Waals surface area (Å²) in [6.45, 7) is 0. The molecule has 0 atom stereocenters. The van der Waals surface area contributed by atoms with E-state index >= 15 is 0 Å². The largest absolute Gasteiger partial charge is 0.448 e. The second-order valence-electron chi connectivity index (χ2n) is 3.58. The van der Waals surface area contributed by atoms with Gasteiger partial charge in [0.15, 0.2) is 6.29 Å². The Balaban J connectivity index is 2.47. The lowest BCUT2D eigenvalue weighted by atomic mass is 10.2. The fourth-order valence-electron chi connectivity index (χ4n) is 1.45. The van der Waals surface area contributed by atoms with Gasteiger partial charge in [-0.15, -0.1) is 11.3 Å². The lowest BCUT2D eigenvalue weighted by molar-refractivity contribution is -0.385. The average molecular weight is 400 g/mol. The Morgan fingerprint density at radius 3 is 2.75 bits per heavy atom. The van der Waals surface area contributed by atoms with E-state index in [1.807, 2.05) is 28.7 Å². The number of hydrogen-bond acceptors (Lipinski definition) is 6. The number of rotatable bonds is 4. The molecule has 1 aromatic carbocycles. The van der Waals surface area contributed by atoms with Crippen molar-refractivity contribution in [3.05, 3.63) is 47.7 Å². The van der Waals surface area contributed by atoms with E-state index in [1.54, 1.807) is 5.38 Å². The van der Waals surface area contributed by atoms with Gasteiger partial charge in [0.25, 0.3) is 0 Å². The molecule has 20 heavy (non-hydrogen) atoms. The maximum absolute atomic E-state index is 11.1. The Morgan fingerprint density at radius 2 is 2.20 bits per heavy atom. The van der Waals surface area contributed by atoms with Crippen LogP contribution in [0.2, 0.25) is 0 Å². The number of halogens is 1. The van der Waals surface area contributed by atoms with Crippen LogP contribution in [0, 0.1) is 25.0 Å². The molecular weight excluding hydrogens is 395 g/mol. The number of ether oxygens (including phenoxy) is 1. The molecule has 0 radical (unpaired) electrons. The van der Waals surface area contributed by atoms with Gasteiger partial charge < -0.3 is 4.74 Å². The van der Waals surface area contributed by atoms with E-state index < -0.39 is 4.92 Å². The number of thiophene rings is 1. The molecule has 0 aliphatic carbocycles. The molecule has 0 aliphatic heterocycles. The zero-order valence-corrected chi connectivity index (χ0v) is 12.7. The number of carbonyl (C=O) groups excluding carboxylic acids is 1. The number of nitriles is 1. The van der Waals surface area contributed by atoms with Gasteiger partial charge in [0.1, 0.15) is 5.75 Å². The molecule has 8 heteroatoms. The molecule has 0 aliphatic rings. The fourth-order valence-corrected chi connectivity index (χ4v) is 2.78. The topological polar surface area (TPSA) is 93.2 Å². The second-order valence-corrected chi connectivity index (χ2v) is 5.68. The van der Waals surface area contributed by atoms with Gasteiger partial charge in [-0.2, -0.15) is 5.26 Å². The summed E-state index contributed by atoms with van der Waals surface area (Å²) < 4.78 is 5.93. The van der Waals surface area contributed by atoms with Crippen LogP contribution in [-0.2, 0) is 0 Å². The van der Waals surface area contributed by atoms with Crippen molar-refractivity contribution in [1.29, 1.82) is 5.26 Å². The minimum atomic E-state index is -0.606. The quantitative estimate of drug-likeness (QED) is 0.337. The smallest absolute Gasteiger partial charge is 0.314 e. The summed E-state index contributed by atoms with van der Waals surface area (Å²) in [5, 5.41) is 21.5. The van der Waals surface area contributed by atoms with Gasteiger partial charge in [-0.05, 0) is 28.7 Å². The molecule has 0 spiro atoms. The Bertz CT molecular complexity index is 736. The molecule has 100 valence electrons. The van der Waals surface area contributed by atoms with E-state index in [0.29, 0.717) is 20.5 Å². The SMILES string of the molecule is N#Cc1cc(I)c(Oc2csc(C=O)c2)c([N+](=O)[O-])c1. The highest BCUT2D eigenvalue weighted by Crippen LogP contribution is 2.37. The highest BCUT2D eigenvalue weighted by atomic mass is 127. The number of nitro benzene ring substituents is 1. The summed E-state index contributed by atoms with van der Waals surface area (Å²) in [6, 6.07) is 6.01. The maximum atomic E-state index is 11.1. The molecule has 1 aromatic heterocycles. The summed E-state index contributed by atoms with van der Waals surface area (Å²) >= 11 is 3.04. The predicted octanol–water partition coefficient (Wildman–Crippen LogP) is 3.74. The van der Waals surface area contributed by atoms with E-state index in [0.717, 1.165) is 6.07 Å². The van der Waals surface area contributed by atoms with Gasteiger partial charge in [0, 0.05) is 17.5 Å². The minimum Gasteiger partial charge on any atom is -0.448 e. The fraction of sp³-hybridized carbons (Fsp3) is 0. The molecule has 1 heterocycles. The second kappa shape index (κ2) is 5.98. The molecule has 0 N–H and O–H groups in total. The van der Waals surface area contributed by atoms with E-state index in [2.05, 4.69) is 0 Å². The first-order valence-corrected chi connectivity index (χ1v) is 7.10. The van der Waals surface area contributed by atoms with Gasteiger partial charge in [0.05, 0.1) is 25.0 Å². The van der Waals surface area contributed by atoms with Crippen molar-refractivity contribution in [3.63, 3.8) is 0 Å². The number of carbonyl (C=O) groups is 1. The molecule has 0 unspecified atom stereocenters. The lowest BCUT2D eigenvalue weighted by Crippen LogP contribution is -1.96. The molecule has 2 rings (SSSR count). The number of hydrogen-bond donors (Lipinski definition) is 0. The highest BCUT2D eigenvalue weighted by molar-refractivity contribution is 14.1. The third-order valence-corrected chi connectivity index (χ3v) is 3.92. The van der Waals surface area contributed by atoms with Crippen LogP contribution in [0.25, 0.3) is 0 Å². The summed E-state index contributed by atoms with van der Waals surface area (Å²) in [5.41, 5.74) is -0.0975. The monoisotopic (exact) mass is 400 g/mol. The van der Waals surface area contributed by atoms with Crippen LogP contribution in [0.5, 0.6) is 11.5 Å². The van der Waals surface area contributed by atoms with Crippen molar-refractivity contribution >= 4 is 45.9 Å². The van der Waals surface area contributed by atoms with Crippen LogP contribution in [0.15, 0.2) is 23.6 Å². The predicted molar refractivity (Wildman–Crippen MR) is 80.3 cm³/mol. The van der Waals surface area contributed by atoms with Crippen LogP contribution < -0.4 is 4.74 Å².